The Hall–Kier alpha value is -3.82. The molecule has 1 N–H and O–H groups in total. The highest BCUT2D eigenvalue weighted by atomic mass is 35.5. The van der Waals surface area contributed by atoms with E-state index in [1.807, 2.05) is 54.6 Å². The van der Waals surface area contributed by atoms with Crippen LogP contribution in [0.4, 0.5) is 5.69 Å². The van der Waals surface area contributed by atoms with Gasteiger partial charge in [0.15, 0.2) is 11.5 Å². The number of hydrogen-bond donors (Lipinski definition) is 1. The van der Waals surface area contributed by atoms with E-state index in [0.29, 0.717) is 50.8 Å². The molecule has 0 radical (unpaired) electrons. The van der Waals surface area contributed by atoms with Crippen LogP contribution in [0.5, 0.6) is 11.5 Å². The Balaban J connectivity index is 1.65. The van der Waals surface area contributed by atoms with E-state index >= 15 is 0 Å². The molecule has 2 heterocycles. The monoisotopic (exact) mass is 577 g/mol. The summed E-state index contributed by atoms with van der Waals surface area (Å²) in [4.78, 5) is 31.3. The quantitative estimate of drug-likeness (QED) is 0.154. The first-order valence-electron chi connectivity index (χ1n) is 13.0. The minimum Gasteiger partial charge on any atom is -0.493 e. The van der Waals surface area contributed by atoms with E-state index in [0.717, 1.165) is 24.2 Å². The van der Waals surface area contributed by atoms with E-state index in [1.165, 1.54) is 25.8 Å². The number of anilines is 1. The van der Waals surface area contributed by atoms with Crippen LogP contribution in [0.3, 0.4) is 0 Å². The summed E-state index contributed by atoms with van der Waals surface area (Å²) in [5.74, 6) is 1.40. The van der Waals surface area contributed by atoms with Gasteiger partial charge in [0.05, 0.1) is 28.9 Å². The maximum absolute atomic E-state index is 13.5. The number of methoxy groups -OCH3 is 1. The molecular weight excluding hydrogens is 548 g/mol. The van der Waals surface area contributed by atoms with Crippen LogP contribution in [0.25, 0.3) is 11.3 Å². The van der Waals surface area contributed by atoms with Crippen molar-refractivity contribution in [2.45, 2.75) is 44.6 Å². The molecule has 10 heteroatoms. The Bertz CT molecular complexity index is 1590. The number of amides is 1. The van der Waals surface area contributed by atoms with Crippen molar-refractivity contribution in [3.05, 3.63) is 93.2 Å². The topological polar surface area (TPSA) is 88.4 Å². The number of carbonyl (C=O) groups is 1. The largest absolute Gasteiger partial charge is 0.493 e. The Kier molecular flexibility index (Phi) is 8.42. The predicted molar refractivity (Wildman–Crippen MR) is 156 cm³/mol. The number of ether oxygens (including phenoxy) is 2. The maximum atomic E-state index is 13.5. The van der Waals surface area contributed by atoms with Crippen LogP contribution in [0.15, 0.2) is 76.7 Å². The normalized spacial score (nSPS) is 13.9. The summed E-state index contributed by atoms with van der Waals surface area (Å²) in [7, 11) is 1.54. The molecule has 206 valence electrons. The van der Waals surface area contributed by atoms with Gasteiger partial charge in [-0.15, -0.1) is 0 Å². The van der Waals surface area contributed by atoms with Gasteiger partial charge in [0.2, 0.25) is 11.1 Å². The third-order valence-electron chi connectivity index (χ3n) is 6.61. The van der Waals surface area contributed by atoms with E-state index in [-0.39, 0.29) is 11.5 Å². The van der Waals surface area contributed by atoms with Crippen LogP contribution in [0, 0.1) is 0 Å². The van der Waals surface area contributed by atoms with Crippen LogP contribution in [-0.2, 0) is 11.4 Å². The molecule has 0 saturated carbocycles. The van der Waals surface area contributed by atoms with Gasteiger partial charge in [0.1, 0.15) is 6.61 Å². The number of thioether (sulfide) groups is 1. The highest BCUT2D eigenvalue weighted by molar-refractivity contribution is 7.99. The Morgan fingerprint density at radius 1 is 1.15 bits per heavy atom. The summed E-state index contributed by atoms with van der Waals surface area (Å²) in [6, 6.07) is 20.6. The maximum Gasteiger partial charge on any atom is 0.325 e. The van der Waals surface area contributed by atoms with Gasteiger partial charge in [0.25, 0.3) is 6.17 Å². The SMILES string of the molecule is CCCCSc1n[n+]2c(c(=O)[nH]1)-c1ccccc1N(C(C)=O)C2c1cc(Cl)c(OCc2ccccc2)c(OC)c1. The van der Waals surface area contributed by atoms with Gasteiger partial charge in [-0.1, -0.05) is 79.2 Å². The molecule has 1 amide bonds. The lowest BCUT2D eigenvalue weighted by Crippen LogP contribution is -2.60. The number of halogens is 1. The molecule has 0 bridgehead atoms. The minimum absolute atomic E-state index is 0.211. The Labute approximate surface area is 241 Å². The molecule has 0 aliphatic carbocycles. The molecule has 0 fully saturated rings. The molecule has 4 aromatic rings. The number of unbranched alkanes of at least 4 members (excludes halogenated alkanes) is 1. The summed E-state index contributed by atoms with van der Waals surface area (Å²) >= 11 is 8.27. The lowest BCUT2D eigenvalue weighted by Gasteiger charge is -2.31. The lowest BCUT2D eigenvalue weighted by molar-refractivity contribution is -0.763. The summed E-state index contributed by atoms with van der Waals surface area (Å²) in [6.07, 6.45) is 1.23. The van der Waals surface area contributed by atoms with Gasteiger partial charge in [-0.05, 0) is 40.9 Å². The molecule has 1 aliphatic heterocycles. The lowest BCUT2D eigenvalue weighted by atomic mass is 10.0. The van der Waals surface area contributed by atoms with Crippen molar-refractivity contribution in [1.82, 2.24) is 10.1 Å². The van der Waals surface area contributed by atoms with Crippen molar-refractivity contribution in [2.24, 2.45) is 0 Å². The van der Waals surface area contributed by atoms with Crippen LogP contribution in [-0.4, -0.2) is 28.9 Å². The summed E-state index contributed by atoms with van der Waals surface area (Å²) in [6.45, 7) is 3.91. The highest BCUT2D eigenvalue weighted by Gasteiger charge is 2.45. The second-order valence-corrected chi connectivity index (χ2v) is 10.8. The number of hydrogen-bond acceptors (Lipinski definition) is 6. The van der Waals surface area contributed by atoms with Crippen LogP contribution in [0.2, 0.25) is 5.02 Å². The van der Waals surface area contributed by atoms with Crippen molar-refractivity contribution in [2.75, 3.05) is 17.8 Å². The van der Waals surface area contributed by atoms with E-state index in [4.69, 9.17) is 26.2 Å². The van der Waals surface area contributed by atoms with Crippen molar-refractivity contribution in [3.63, 3.8) is 0 Å². The van der Waals surface area contributed by atoms with E-state index < -0.39 is 6.17 Å². The van der Waals surface area contributed by atoms with Gasteiger partial charge in [-0.2, -0.15) is 0 Å². The fourth-order valence-electron chi connectivity index (χ4n) is 4.75. The molecule has 1 atom stereocenters. The van der Waals surface area contributed by atoms with Crippen LogP contribution >= 0.6 is 23.4 Å². The zero-order valence-corrected chi connectivity index (χ0v) is 24.1. The molecule has 1 aliphatic rings. The molecule has 5 rings (SSSR count). The van der Waals surface area contributed by atoms with E-state index in [9.17, 15) is 9.59 Å². The first kappa shape index (κ1) is 27.7. The minimum atomic E-state index is -0.787. The number of nitrogens with zero attached hydrogens (tertiary/aromatic N) is 3. The predicted octanol–water partition coefficient (Wildman–Crippen LogP) is 5.77. The van der Waals surface area contributed by atoms with Gasteiger partial charge in [-0.3, -0.25) is 14.6 Å². The van der Waals surface area contributed by atoms with Gasteiger partial charge in [-0.25, -0.2) is 4.90 Å². The van der Waals surface area contributed by atoms with Crippen LogP contribution < -0.4 is 24.6 Å². The molecular formula is C30H30ClN4O4S+. The second-order valence-electron chi connectivity index (χ2n) is 9.34. The van der Waals surface area contributed by atoms with Crippen LogP contribution in [0.1, 0.15) is 44.0 Å². The van der Waals surface area contributed by atoms with Crippen molar-refractivity contribution in [1.29, 1.82) is 0 Å². The zero-order valence-electron chi connectivity index (χ0n) is 22.5. The smallest absolute Gasteiger partial charge is 0.325 e. The fraction of sp³-hybridized carbons (Fsp3) is 0.267. The molecule has 0 spiro atoms. The number of nitrogens with one attached hydrogen (secondary N) is 1. The molecule has 0 saturated heterocycles. The number of fused-ring (bicyclic) bond motifs is 3. The average Bonchev–Trinajstić information content (AvgIpc) is 2.95. The number of rotatable bonds is 9. The average molecular weight is 578 g/mol. The first-order chi connectivity index (χ1) is 19.4. The van der Waals surface area contributed by atoms with Gasteiger partial charge >= 0.3 is 11.3 Å². The highest BCUT2D eigenvalue weighted by Crippen LogP contribution is 2.42. The van der Waals surface area contributed by atoms with E-state index in [2.05, 4.69) is 11.9 Å². The molecule has 3 aromatic carbocycles. The molecule has 8 nitrogen and oxygen atoms in total. The number of H-pyrrole nitrogens is 1. The van der Waals surface area contributed by atoms with Gasteiger partial charge in [0, 0.05) is 17.8 Å². The summed E-state index contributed by atoms with van der Waals surface area (Å²) < 4.78 is 13.4. The number of carbonyl (C=O) groups excluding carboxylic acids is 1. The first-order valence-corrected chi connectivity index (χ1v) is 14.4. The Morgan fingerprint density at radius 2 is 1.90 bits per heavy atom. The molecule has 40 heavy (non-hydrogen) atoms. The summed E-state index contributed by atoms with van der Waals surface area (Å²) in [5.41, 5.74) is 2.91. The summed E-state index contributed by atoms with van der Waals surface area (Å²) in [5, 5.41) is 5.63. The second kappa shape index (κ2) is 12.1. The third kappa shape index (κ3) is 5.44. The number of para-hydroxylation sites is 1. The van der Waals surface area contributed by atoms with Gasteiger partial charge < -0.3 is 9.47 Å². The van der Waals surface area contributed by atoms with Crippen molar-refractivity contribution >= 4 is 35.0 Å². The van der Waals surface area contributed by atoms with E-state index in [1.54, 1.807) is 21.7 Å². The number of aromatic amines is 1. The third-order valence-corrected chi connectivity index (χ3v) is 7.84. The van der Waals surface area contributed by atoms with Crippen molar-refractivity contribution in [3.8, 4) is 22.8 Å². The number of aromatic nitrogens is 3. The fourth-order valence-corrected chi connectivity index (χ4v) is 5.96. The molecule has 1 unspecified atom stereocenters. The zero-order chi connectivity index (χ0) is 28.2. The standard InChI is InChI=1S/C30H29ClN4O4S/c1-4-5-15-40-30-32-28(37)26-22-13-9-10-14-24(22)34(19(2)36)29(35(26)33-30)21-16-23(31)27(25(17-21)38-3)39-18-20-11-7-6-8-12-20/h6-14,16-17,29H,4-5,15,18H2,1-3H3/p+1. The number of benzene rings is 3. The van der Waals surface area contributed by atoms with Crippen molar-refractivity contribution < 1.29 is 19.0 Å². The Morgan fingerprint density at radius 3 is 2.62 bits per heavy atom. The molecule has 1 aromatic heterocycles.